The average Bonchev–Trinajstić information content (AvgIpc) is 2.77. The Labute approximate surface area is 212 Å². The monoisotopic (exact) mass is 527 g/mol. The second kappa shape index (κ2) is 11.9. The van der Waals surface area contributed by atoms with Crippen LogP contribution in [0.25, 0.3) is 0 Å². The third kappa shape index (κ3) is 7.35. The van der Waals surface area contributed by atoms with Crippen LogP contribution in [-0.2, 0) is 26.2 Å². The first-order valence-corrected chi connectivity index (χ1v) is 13.5. The van der Waals surface area contributed by atoms with Crippen LogP contribution in [0.15, 0.2) is 42.5 Å². The highest BCUT2D eigenvalue weighted by atomic mass is 35.5. The molecule has 0 aliphatic carbocycles. The molecule has 0 spiro atoms. The molecular formula is C24H31Cl2N3O4S. The molecule has 0 aromatic heterocycles. The first kappa shape index (κ1) is 28.0. The Bertz CT molecular complexity index is 1120. The molecule has 2 rings (SSSR count). The lowest BCUT2D eigenvalue weighted by Gasteiger charge is -2.32. The topological polar surface area (TPSA) is 86.8 Å². The van der Waals surface area contributed by atoms with E-state index in [1.165, 1.54) is 4.90 Å². The first-order valence-electron chi connectivity index (χ1n) is 10.9. The van der Waals surface area contributed by atoms with Crippen molar-refractivity contribution in [2.45, 2.75) is 52.7 Å². The normalized spacial score (nSPS) is 13.1. The van der Waals surface area contributed by atoms with Gasteiger partial charge in [-0.1, -0.05) is 48.3 Å². The lowest BCUT2D eigenvalue weighted by molar-refractivity contribution is -0.139. The minimum atomic E-state index is -3.82. The zero-order valence-electron chi connectivity index (χ0n) is 20.0. The molecule has 0 aliphatic heterocycles. The van der Waals surface area contributed by atoms with E-state index in [-0.39, 0.29) is 18.5 Å². The molecule has 0 aliphatic rings. The van der Waals surface area contributed by atoms with Gasteiger partial charge in [-0.3, -0.25) is 13.9 Å². The van der Waals surface area contributed by atoms with Crippen LogP contribution in [0.2, 0.25) is 10.0 Å². The van der Waals surface area contributed by atoms with Crippen LogP contribution in [0, 0.1) is 6.92 Å². The maximum Gasteiger partial charge on any atom is 0.244 e. The van der Waals surface area contributed by atoms with Crippen molar-refractivity contribution in [1.29, 1.82) is 0 Å². The summed E-state index contributed by atoms with van der Waals surface area (Å²) in [5.41, 5.74) is 1.60. The number of carbonyl (C=O) groups excluding carboxylic acids is 2. The number of benzene rings is 2. The fourth-order valence-electron chi connectivity index (χ4n) is 3.30. The number of rotatable bonds is 10. The van der Waals surface area contributed by atoms with E-state index in [0.717, 1.165) is 22.5 Å². The predicted octanol–water partition coefficient (Wildman–Crippen LogP) is 4.40. The number of carbonyl (C=O) groups is 2. The summed E-state index contributed by atoms with van der Waals surface area (Å²) in [7, 11) is -3.82. The molecule has 0 radical (unpaired) electrons. The zero-order chi connectivity index (χ0) is 25.6. The van der Waals surface area contributed by atoms with E-state index in [4.69, 9.17) is 23.2 Å². The Morgan fingerprint density at radius 2 is 1.68 bits per heavy atom. The number of nitrogens with one attached hydrogen (secondary N) is 1. The van der Waals surface area contributed by atoms with Crippen molar-refractivity contribution < 1.29 is 18.0 Å². The van der Waals surface area contributed by atoms with E-state index in [1.54, 1.807) is 56.3 Å². The number of hydrogen-bond donors (Lipinski definition) is 1. The van der Waals surface area contributed by atoms with Crippen molar-refractivity contribution in [2.75, 3.05) is 17.1 Å². The lowest BCUT2D eigenvalue weighted by atomic mass is 10.1. The van der Waals surface area contributed by atoms with E-state index < -0.39 is 28.5 Å². The van der Waals surface area contributed by atoms with Gasteiger partial charge in [-0.25, -0.2) is 8.42 Å². The number of amides is 2. The quantitative estimate of drug-likeness (QED) is 0.495. The molecule has 0 bridgehead atoms. The van der Waals surface area contributed by atoms with Gasteiger partial charge in [-0.2, -0.15) is 0 Å². The number of sulfonamides is 1. The number of nitrogens with zero attached hydrogens (tertiary/aromatic N) is 2. The van der Waals surface area contributed by atoms with E-state index in [2.05, 4.69) is 5.32 Å². The van der Waals surface area contributed by atoms with Gasteiger partial charge < -0.3 is 10.2 Å². The zero-order valence-corrected chi connectivity index (χ0v) is 22.3. The highest BCUT2D eigenvalue weighted by Gasteiger charge is 2.31. The highest BCUT2D eigenvalue weighted by Crippen LogP contribution is 2.28. The van der Waals surface area contributed by atoms with E-state index in [1.807, 2.05) is 13.8 Å². The van der Waals surface area contributed by atoms with E-state index >= 15 is 0 Å². The van der Waals surface area contributed by atoms with Gasteiger partial charge in [-0.15, -0.1) is 0 Å². The van der Waals surface area contributed by atoms with E-state index in [0.29, 0.717) is 21.3 Å². The summed E-state index contributed by atoms with van der Waals surface area (Å²) in [6.45, 7) is 6.77. The third-order valence-corrected chi connectivity index (χ3v) is 7.41. The molecule has 0 unspecified atom stereocenters. The second-order valence-electron chi connectivity index (χ2n) is 8.30. The average molecular weight is 529 g/mol. The van der Waals surface area contributed by atoms with Crippen LogP contribution in [0.5, 0.6) is 0 Å². The molecule has 186 valence electrons. The molecule has 2 atom stereocenters. The van der Waals surface area contributed by atoms with Gasteiger partial charge in [0.15, 0.2) is 0 Å². The van der Waals surface area contributed by atoms with Gasteiger partial charge in [0, 0.05) is 22.6 Å². The minimum Gasteiger partial charge on any atom is -0.352 e. The Morgan fingerprint density at radius 3 is 2.24 bits per heavy atom. The molecule has 2 amide bonds. The van der Waals surface area contributed by atoms with Gasteiger partial charge in [0.05, 0.1) is 11.9 Å². The summed E-state index contributed by atoms with van der Waals surface area (Å²) in [6, 6.07) is 10.9. The fourth-order valence-corrected chi connectivity index (χ4v) is 4.49. The van der Waals surface area contributed by atoms with Gasteiger partial charge >= 0.3 is 0 Å². The van der Waals surface area contributed by atoms with Gasteiger partial charge in [0.2, 0.25) is 21.8 Å². The summed E-state index contributed by atoms with van der Waals surface area (Å²) in [5.74, 6) is -0.840. The Morgan fingerprint density at radius 1 is 1.06 bits per heavy atom. The van der Waals surface area contributed by atoms with Crippen LogP contribution in [-0.4, -0.2) is 50.0 Å². The maximum atomic E-state index is 13.5. The van der Waals surface area contributed by atoms with Crippen LogP contribution in [0.3, 0.4) is 0 Å². The van der Waals surface area contributed by atoms with Crippen LogP contribution in [0.4, 0.5) is 5.69 Å². The summed E-state index contributed by atoms with van der Waals surface area (Å²) in [5, 5.41) is 3.82. The van der Waals surface area contributed by atoms with Crippen molar-refractivity contribution in [3.05, 3.63) is 63.6 Å². The Hall–Kier alpha value is -2.29. The Balaban J connectivity index is 2.42. The molecule has 2 aromatic rings. The molecule has 1 N–H and O–H groups in total. The van der Waals surface area contributed by atoms with Crippen molar-refractivity contribution in [2.24, 2.45) is 0 Å². The minimum absolute atomic E-state index is 0.0657. The number of hydrogen-bond acceptors (Lipinski definition) is 4. The van der Waals surface area contributed by atoms with Crippen molar-refractivity contribution in [3.63, 3.8) is 0 Å². The number of anilines is 1. The molecule has 7 nitrogen and oxygen atoms in total. The Kier molecular flexibility index (Phi) is 9.79. The standard InChI is InChI=1S/C24H31Cl2N3O4S/c1-6-16(2)27-24(31)18(4)28(14-19-10-12-20(25)13-11-19)23(30)15-29(34(5,32)33)22-9-7-8-21(26)17(22)3/h7-13,16,18H,6,14-15H2,1-5H3,(H,27,31)/t16-,18-/m0/s1. The lowest BCUT2D eigenvalue weighted by Crippen LogP contribution is -2.52. The molecule has 0 fully saturated rings. The predicted molar refractivity (Wildman–Crippen MR) is 138 cm³/mol. The van der Waals surface area contributed by atoms with Crippen molar-refractivity contribution in [3.8, 4) is 0 Å². The molecule has 2 aromatic carbocycles. The third-order valence-electron chi connectivity index (χ3n) is 5.62. The van der Waals surface area contributed by atoms with Gasteiger partial charge in [-0.05, 0) is 62.6 Å². The maximum absolute atomic E-state index is 13.5. The highest BCUT2D eigenvalue weighted by molar-refractivity contribution is 7.92. The fraction of sp³-hybridized carbons (Fsp3) is 0.417. The largest absolute Gasteiger partial charge is 0.352 e. The van der Waals surface area contributed by atoms with Crippen LogP contribution >= 0.6 is 23.2 Å². The van der Waals surface area contributed by atoms with Gasteiger partial charge in [0.25, 0.3) is 0 Å². The summed E-state index contributed by atoms with van der Waals surface area (Å²) >= 11 is 12.2. The van der Waals surface area contributed by atoms with Crippen molar-refractivity contribution in [1.82, 2.24) is 10.2 Å². The number of halogens is 2. The molecule has 34 heavy (non-hydrogen) atoms. The molecule has 0 heterocycles. The summed E-state index contributed by atoms with van der Waals surface area (Å²) in [4.78, 5) is 27.8. The smallest absolute Gasteiger partial charge is 0.244 e. The van der Waals surface area contributed by atoms with Crippen LogP contribution < -0.4 is 9.62 Å². The summed E-state index contributed by atoms with van der Waals surface area (Å²) < 4.78 is 26.3. The van der Waals surface area contributed by atoms with Gasteiger partial charge in [0.1, 0.15) is 12.6 Å². The molecular weight excluding hydrogens is 497 g/mol. The molecule has 0 saturated heterocycles. The second-order valence-corrected chi connectivity index (χ2v) is 11.0. The van der Waals surface area contributed by atoms with Crippen molar-refractivity contribution >= 4 is 50.7 Å². The SMILES string of the molecule is CC[C@H](C)NC(=O)[C@H](C)N(Cc1ccc(Cl)cc1)C(=O)CN(c1cccc(Cl)c1C)S(C)(=O)=O. The van der Waals surface area contributed by atoms with E-state index in [9.17, 15) is 18.0 Å². The first-order chi connectivity index (χ1) is 15.8. The van der Waals surface area contributed by atoms with Crippen LogP contribution in [0.1, 0.15) is 38.3 Å². The molecule has 0 saturated carbocycles. The molecule has 10 heteroatoms. The summed E-state index contributed by atoms with van der Waals surface area (Å²) in [6.07, 6.45) is 1.77.